The molecule has 3 aromatic rings. The van der Waals surface area contributed by atoms with Crippen LogP contribution in [-0.2, 0) is 6.42 Å². The maximum absolute atomic E-state index is 12.9. The van der Waals surface area contributed by atoms with Crippen LogP contribution >= 0.6 is 11.6 Å². The van der Waals surface area contributed by atoms with Gasteiger partial charge in [0, 0.05) is 5.39 Å². The molecule has 0 saturated carbocycles. The number of H-pyrrole nitrogens is 1. The lowest BCUT2D eigenvalue weighted by Crippen LogP contribution is -2.10. The van der Waals surface area contributed by atoms with Crippen molar-refractivity contribution in [1.29, 1.82) is 5.26 Å². The molecular formula is C17H10ClFN2O. The Morgan fingerprint density at radius 1 is 1.14 bits per heavy atom. The number of nitrogens with zero attached hydrogens (tertiary/aromatic N) is 1. The zero-order valence-corrected chi connectivity index (χ0v) is 12.1. The molecule has 0 aliphatic rings. The van der Waals surface area contributed by atoms with Crippen LogP contribution < -0.4 is 5.56 Å². The second kappa shape index (κ2) is 5.63. The molecule has 22 heavy (non-hydrogen) atoms. The SMILES string of the molecule is N#Cc1c(Cl)c2ccc(Cc3ccc(F)cc3)cc2[nH]c1=O. The van der Waals surface area contributed by atoms with Crippen LogP contribution in [0.3, 0.4) is 0 Å². The first kappa shape index (κ1) is 14.3. The van der Waals surface area contributed by atoms with Crippen molar-refractivity contribution in [1.82, 2.24) is 4.98 Å². The van der Waals surface area contributed by atoms with Crippen LogP contribution in [0.2, 0.25) is 5.02 Å². The number of aromatic nitrogens is 1. The highest BCUT2D eigenvalue weighted by molar-refractivity contribution is 6.36. The third kappa shape index (κ3) is 2.59. The summed E-state index contributed by atoms with van der Waals surface area (Å²) in [5, 5.41) is 9.73. The number of rotatable bonds is 2. The summed E-state index contributed by atoms with van der Waals surface area (Å²) in [4.78, 5) is 14.5. The topological polar surface area (TPSA) is 56.6 Å². The summed E-state index contributed by atoms with van der Waals surface area (Å²) in [5.74, 6) is -0.276. The predicted octanol–water partition coefficient (Wildman–Crippen LogP) is 3.78. The third-order valence-electron chi connectivity index (χ3n) is 3.45. The molecule has 0 unspecified atom stereocenters. The summed E-state index contributed by atoms with van der Waals surface area (Å²) in [5.41, 5.74) is 1.91. The second-order valence-electron chi connectivity index (χ2n) is 4.94. The van der Waals surface area contributed by atoms with Crippen LogP contribution in [0.1, 0.15) is 16.7 Å². The van der Waals surface area contributed by atoms with E-state index in [1.54, 1.807) is 24.3 Å². The normalized spacial score (nSPS) is 10.6. The minimum absolute atomic E-state index is 0.0829. The molecule has 0 aliphatic carbocycles. The highest BCUT2D eigenvalue weighted by atomic mass is 35.5. The van der Waals surface area contributed by atoms with Crippen molar-refractivity contribution in [3.8, 4) is 6.07 Å². The van der Waals surface area contributed by atoms with Gasteiger partial charge in [-0.1, -0.05) is 35.9 Å². The second-order valence-corrected chi connectivity index (χ2v) is 5.32. The van der Waals surface area contributed by atoms with E-state index in [9.17, 15) is 9.18 Å². The number of nitriles is 1. The van der Waals surface area contributed by atoms with E-state index < -0.39 is 5.56 Å². The molecule has 3 rings (SSSR count). The Hall–Kier alpha value is -2.64. The first-order valence-electron chi connectivity index (χ1n) is 6.57. The van der Waals surface area contributed by atoms with Gasteiger partial charge >= 0.3 is 0 Å². The van der Waals surface area contributed by atoms with Gasteiger partial charge in [0.15, 0.2) is 0 Å². The average Bonchev–Trinajstić information content (AvgIpc) is 2.50. The maximum atomic E-state index is 12.9. The monoisotopic (exact) mass is 312 g/mol. The van der Waals surface area contributed by atoms with E-state index in [4.69, 9.17) is 16.9 Å². The van der Waals surface area contributed by atoms with Gasteiger partial charge in [0.25, 0.3) is 5.56 Å². The van der Waals surface area contributed by atoms with Crippen LogP contribution in [0.5, 0.6) is 0 Å². The van der Waals surface area contributed by atoms with E-state index in [1.807, 2.05) is 12.1 Å². The first-order valence-corrected chi connectivity index (χ1v) is 6.95. The number of benzene rings is 2. The van der Waals surface area contributed by atoms with E-state index in [1.165, 1.54) is 12.1 Å². The Morgan fingerprint density at radius 3 is 2.50 bits per heavy atom. The van der Waals surface area contributed by atoms with Crippen molar-refractivity contribution in [2.75, 3.05) is 0 Å². The van der Waals surface area contributed by atoms with Gasteiger partial charge in [0.2, 0.25) is 0 Å². The van der Waals surface area contributed by atoms with Crippen molar-refractivity contribution >= 4 is 22.5 Å². The molecule has 0 amide bonds. The van der Waals surface area contributed by atoms with E-state index >= 15 is 0 Å². The molecule has 1 N–H and O–H groups in total. The van der Waals surface area contributed by atoms with Gasteiger partial charge in [-0.25, -0.2) is 4.39 Å². The molecule has 0 spiro atoms. The average molecular weight is 313 g/mol. The molecule has 0 saturated heterocycles. The molecule has 0 aliphatic heterocycles. The summed E-state index contributed by atoms with van der Waals surface area (Å²) in [7, 11) is 0. The maximum Gasteiger partial charge on any atom is 0.267 e. The number of fused-ring (bicyclic) bond motifs is 1. The van der Waals surface area contributed by atoms with Gasteiger partial charge in [-0.15, -0.1) is 0 Å². The van der Waals surface area contributed by atoms with Crippen molar-refractivity contribution in [3.63, 3.8) is 0 Å². The molecule has 2 aromatic carbocycles. The predicted molar refractivity (Wildman–Crippen MR) is 83.5 cm³/mol. The molecule has 0 radical (unpaired) electrons. The highest BCUT2D eigenvalue weighted by Crippen LogP contribution is 2.24. The standard InChI is InChI=1S/C17H10ClFN2O/c18-16-13-6-3-11(7-10-1-4-12(19)5-2-10)8-15(13)21-17(22)14(16)9-20/h1-6,8H,7H2,(H,21,22). The fourth-order valence-corrected chi connectivity index (χ4v) is 2.65. The van der Waals surface area contributed by atoms with Gasteiger partial charge in [-0.3, -0.25) is 4.79 Å². The number of halogens is 2. The van der Waals surface area contributed by atoms with Gasteiger partial charge in [-0.05, 0) is 35.7 Å². The quantitative estimate of drug-likeness (QED) is 0.783. The van der Waals surface area contributed by atoms with E-state index in [0.717, 1.165) is 11.1 Å². The molecule has 108 valence electrons. The number of hydrogen-bond acceptors (Lipinski definition) is 2. The molecular weight excluding hydrogens is 303 g/mol. The van der Waals surface area contributed by atoms with Crippen molar-refractivity contribution in [2.45, 2.75) is 6.42 Å². The first-order chi connectivity index (χ1) is 10.6. The Kier molecular flexibility index (Phi) is 3.66. The van der Waals surface area contributed by atoms with Crippen molar-refractivity contribution in [3.05, 3.63) is 80.3 Å². The Bertz CT molecular complexity index is 955. The molecule has 5 heteroatoms. The molecule has 1 heterocycles. The van der Waals surface area contributed by atoms with Gasteiger partial charge in [0.1, 0.15) is 17.4 Å². The fraction of sp³-hybridized carbons (Fsp3) is 0.0588. The lowest BCUT2D eigenvalue weighted by atomic mass is 10.0. The number of aromatic amines is 1. The summed E-state index contributed by atoms with van der Waals surface area (Å²) < 4.78 is 12.9. The minimum atomic E-state index is -0.501. The minimum Gasteiger partial charge on any atom is -0.321 e. The molecule has 0 atom stereocenters. The van der Waals surface area contributed by atoms with E-state index in [0.29, 0.717) is 17.3 Å². The molecule has 0 fully saturated rings. The van der Waals surface area contributed by atoms with Crippen LogP contribution in [0.25, 0.3) is 10.9 Å². The zero-order chi connectivity index (χ0) is 15.7. The number of hydrogen-bond donors (Lipinski definition) is 1. The summed E-state index contributed by atoms with van der Waals surface area (Å²) in [6.45, 7) is 0. The summed E-state index contributed by atoms with van der Waals surface area (Å²) in [6, 6.07) is 13.5. The number of nitrogens with one attached hydrogen (secondary N) is 1. The highest BCUT2D eigenvalue weighted by Gasteiger charge is 2.10. The Balaban J connectivity index is 2.05. The molecule has 1 aromatic heterocycles. The molecule has 0 bridgehead atoms. The Morgan fingerprint density at radius 2 is 1.82 bits per heavy atom. The van der Waals surface area contributed by atoms with Gasteiger partial charge < -0.3 is 4.98 Å². The lowest BCUT2D eigenvalue weighted by Gasteiger charge is -2.06. The van der Waals surface area contributed by atoms with Crippen LogP contribution in [0, 0.1) is 17.1 Å². The largest absolute Gasteiger partial charge is 0.321 e. The van der Waals surface area contributed by atoms with Crippen molar-refractivity contribution < 1.29 is 4.39 Å². The van der Waals surface area contributed by atoms with Gasteiger partial charge in [-0.2, -0.15) is 5.26 Å². The summed E-state index contributed by atoms with van der Waals surface area (Å²) in [6.07, 6.45) is 0.607. The third-order valence-corrected chi connectivity index (χ3v) is 3.84. The van der Waals surface area contributed by atoms with Crippen LogP contribution in [0.4, 0.5) is 4.39 Å². The number of pyridine rings is 1. The fourth-order valence-electron chi connectivity index (χ4n) is 2.35. The smallest absolute Gasteiger partial charge is 0.267 e. The summed E-state index contributed by atoms with van der Waals surface area (Å²) >= 11 is 6.09. The molecule has 3 nitrogen and oxygen atoms in total. The van der Waals surface area contributed by atoms with Crippen molar-refractivity contribution in [2.24, 2.45) is 0 Å². The van der Waals surface area contributed by atoms with Gasteiger partial charge in [0.05, 0.1) is 10.5 Å². The zero-order valence-electron chi connectivity index (χ0n) is 11.4. The van der Waals surface area contributed by atoms with E-state index in [2.05, 4.69) is 4.98 Å². The lowest BCUT2D eigenvalue weighted by molar-refractivity contribution is 0.627. The Labute approximate surface area is 130 Å². The van der Waals surface area contributed by atoms with E-state index in [-0.39, 0.29) is 16.4 Å². The van der Waals surface area contributed by atoms with Crippen LogP contribution in [0.15, 0.2) is 47.3 Å². The van der Waals surface area contributed by atoms with Crippen LogP contribution in [-0.4, -0.2) is 4.98 Å².